The van der Waals surface area contributed by atoms with Crippen LogP contribution in [0.2, 0.25) is 5.02 Å². The molecule has 0 bridgehead atoms. The van der Waals surface area contributed by atoms with E-state index in [0.29, 0.717) is 22.8 Å². The summed E-state index contributed by atoms with van der Waals surface area (Å²) in [5.74, 6) is 0.222. The molecule has 1 fully saturated rings. The molecule has 7 heteroatoms. The molecular formula is C13H15ClN4OS. The second kappa shape index (κ2) is 5.63. The molecule has 1 amide bonds. The van der Waals surface area contributed by atoms with Crippen LogP contribution in [-0.2, 0) is 4.79 Å². The molecule has 0 radical (unpaired) electrons. The van der Waals surface area contributed by atoms with Crippen LogP contribution in [0, 0.1) is 11.8 Å². The summed E-state index contributed by atoms with van der Waals surface area (Å²) in [6.45, 7) is 0.550. The molecule has 20 heavy (non-hydrogen) atoms. The number of nitrogens with one attached hydrogen (secondary N) is 1. The molecule has 5 nitrogen and oxygen atoms in total. The van der Waals surface area contributed by atoms with Crippen LogP contribution < -0.4 is 11.1 Å². The maximum Gasteiger partial charge on any atom is 0.227 e. The zero-order valence-corrected chi connectivity index (χ0v) is 12.4. The maximum atomic E-state index is 12.4. The van der Waals surface area contributed by atoms with Gasteiger partial charge in [0.2, 0.25) is 5.91 Å². The van der Waals surface area contributed by atoms with Gasteiger partial charge in [-0.3, -0.25) is 4.79 Å². The number of aromatic nitrogens is 2. The summed E-state index contributed by atoms with van der Waals surface area (Å²) >= 11 is 7.29. The van der Waals surface area contributed by atoms with Crippen LogP contribution >= 0.6 is 23.3 Å². The summed E-state index contributed by atoms with van der Waals surface area (Å²) < 4.78 is 8.36. The summed E-state index contributed by atoms with van der Waals surface area (Å²) in [6.07, 6.45) is 2.96. The van der Waals surface area contributed by atoms with Gasteiger partial charge >= 0.3 is 0 Å². The molecule has 1 aliphatic rings. The average molecular weight is 311 g/mol. The Morgan fingerprint density at radius 1 is 1.45 bits per heavy atom. The topological polar surface area (TPSA) is 80.9 Å². The van der Waals surface area contributed by atoms with E-state index < -0.39 is 0 Å². The van der Waals surface area contributed by atoms with Crippen LogP contribution in [0.4, 0.5) is 5.69 Å². The number of benzene rings is 1. The minimum absolute atomic E-state index is 0.0136. The number of amides is 1. The Bertz CT molecular complexity index is 644. The average Bonchev–Trinajstić information content (AvgIpc) is 3.09. The summed E-state index contributed by atoms with van der Waals surface area (Å²) in [6, 6.07) is 3.53. The molecule has 2 unspecified atom stereocenters. The van der Waals surface area contributed by atoms with Crippen molar-refractivity contribution in [2.24, 2.45) is 17.6 Å². The molecule has 106 valence electrons. The molecule has 1 aromatic carbocycles. The third kappa shape index (κ3) is 2.39. The molecular weight excluding hydrogens is 296 g/mol. The first kappa shape index (κ1) is 13.7. The standard InChI is InChI=1S/C13H15ClN4OS/c14-9-4-5-10-12(18-20-17-10)11(9)16-13(19)8-3-1-2-7(8)6-15/h4-5,7-8H,1-3,6,15H2,(H,16,19). The maximum absolute atomic E-state index is 12.4. The van der Waals surface area contributed by atoms with Crippen molar-refractivity contribution in [1.29, 1.82) is 0 Å². The van der Waals surface area contributed by atoms with Crippen molar-refractivity contribution in [2.45, 2.75) is 19.3 Å². The minimum Gasteiger partial charge on any atom is -0.330 e. The Kier molecular flexibility index (Phi) is 3.87. The lowest BCUT2D eigenvalue weighted by molar-refractivity contribution is -0.120. The second-order valence-corrected chi connectivity index (χ2v) is 6.01. The van der Waals surface area contributed by atoms with Gasteiger partial charge < -0.3 is 11.1 Å². The molecule has 1 aromatic heterocycles. The van der Waals surface area contributed by atoms with E-state index >= 15 is 0 Å². The molecule has 3 rings (SSSR count). The van der Waals surface area contributed by atoms with Crippen molar-refractivity contribution in [1.82, 2.24) is 8.75 Å². The number of nitrogens with zero attached hydrogens (tertiary/aromatic N) is 2. The Morgan fingerprint density at radius 3 is 3.10 bits per heavy atom. The number of nitrogens with two attached hydrogens (primary N) is 1. The molecule has 3 N–H and O–H groups in total. The molecule has 0 spiro atoms. The summed E-state index contributed by atoms with van der Waals surface area (Å²) in [4.78, 5) is 12.4. The fourth-order valence-corrected chi connectivity index (χ4v) is 3.57. The lowest BCUT2D eigenvalue weighted by atomic mass is 9.95. The molecule has 1 aliphatic carbocycles. The number of hydrogen-bond donors (Lipinski definition) is 2. The number of carbonyl (C=O) groups excluding carboxylic acids is 1. The third-order valence-corrected chi connectivity index (χ3v) is 4.78. The highest BCUT2D eigenvalue weighted by molar-refractivity contribution is 7.00. The van der Waals surface area contributed by atoms with Crippen LogP contribution in [0.1, 0.15) is 19.3 Å². The van der Waals surface area contributed by atoms with Gasteiger partial charge in [0.15, 0.2) is 0 Å². The molecule has 0 aliphatic heterocycles. The Morgan fingerprint density at radius 2 is 2.30 bits per heavy atom. The van der Waals surface area contributed by atoms with Crippen LogP contribution in [0.5, 0.6) is 0 Å². The van der Waals surface area contributed by atoms with Crippen molar-refractivity contribution in [3.8, 4) is 0 Å². The first-order valence-corrected chi connectivity index (χ1v) is 7.73. The summed E-state index contributed by atoms with van der Waals surface area (Å²) in [5, 5.41) is 3.41. The molecule has 2 aromatic rings. The Balaban J connectivity index is 1.87. The number of hydrogen-bond acceptors (Lipinski definition) is 5. The highest BCUT2D eigenvalue weighted by Crippen LogP contribution is 2.34. The zero-order chi connectivity index (χ0) is 14.1. The normalized spacial score (nSPS) is 22.3. The lowest BCUT2D eigenvalue weighted by Gasteiger charge is -2.17. The van der Waals surface area contributed by atoms with Crippen molar-refractivity contribution in [3.63, 3.8) is 0 Å². The smallest absolute Gasteiger partial charge is 0.227 e. The van der Waals surface area contributed by atoms with Gasteiger partial charge in [-0.2, -0.15) is 8.75 Å². The van der Waals surface area contributed by atoms with Crippen molar-refractivity contribution < 1.29 is 4.79 Å². The van der Waals surface area contributed by atoms with E-state index in [0.717, 1.165) is 36.5 Å². The van der Waals surface area contributed by atoms with Crippen LogP contribution in [-0.4, -0.2) is 21.2 Å². The predicted molar refractivity (Wildman–Crippen MR) is 80.9 cm³/mol. The number of rotatable bonds is 3. The fourth-order valence-electron chi connectivity index (χ4n) is 2.83. The van der Waals surface area contributed by atoms with Crippen molar-refractivity contribution >= 4 is 46.0 Å². The van der Waals surface area contributed by atoms with Gasteiger partial charge in [0.05, 0.1) is 22.4 Å². The van der Waals surface area contributed by atoms with Gasteiger partial charge in [-0.25, -0.2) is 0 Å². The molecule has 1 heterocycles. The molecule has 1 saturated carbocycles. The van der Waals surface area contributed by atoms with E-state index in [1.165, 1.54) is 0 Å². The summed E-state index contributed by atoms with van der Waals surface area (Å²) in [7, 11) is 0. The van der Waals surface area contributed by atoms with Crippen molar-refractivity contribution in [3.05, 3.63) is 17.2 Å². The Hall–Kier alpha value is -1.24. The minimum atomic E-state index is -0.0297. The van der Waals surface area contributed by atoms with Gasteiger partial charge in [-0.15, -0.1) is 0 Å². The highest BCUT2D eigenvalue weighted by Gasteiger charge is 2.32. The van der Waals surface area contributed by atoms with Gasteiger partial charge in [0.25, 0.3) is 0 Å². The third-order valence-electron chi connectivity index (χ3n) is 3.92. The van der Waals surface area contributed by atoms with E-state index in [-0.39, 0.29) is 17.7 Å². The van der Waals surface area contributed by atoms with Gasteiger partial charge in [0, 0.05) is 5.92 Å². The lowest BCUT2D eigenvalue weighted by Crippen LogP contribution is -2.29. The van der Waals surface area contributed by atoms with E-state index in [1.54, 1.807) is 12.1 Å². The number of anilines is 1. The first-order valence-electron chi connectivity index (χ1n) is 6.62. The zero-order valence-electron chi connectivity index (χ0n) is 10.8. The van der Waals surface area contributed by atoms with Gasteiger partial charge in [-0.05, 0) is 37.4 Å². The highest BCUT2D eigenvalue weighted by atomic mass is 35.5. The predicted octanol–water partition coefficient (Wildman–Crippen LogP) is 2.66. The van der Waals surface area contributed by atoms with Gasteiger partial charge in [-0.1, -0.05) is 18.0 Å². The number of fused-ring (bicyclic) bond motifs is 1. The van der Waals surface area contributed by atoms with Crippen molar-refractivity contribution in [2.75, 3.05) is 11.9 Å². The van der Waals surface area contributed by atoms with E-state index in [4.69, 9.17) is 17.3 Å². The van der Waals surface area contributed by atoms with Crippen LogP contribution in [0.25, 0.3) is 11.0 Å². The fraction of sp³-hybridized carbons (Fsp3) is 0.462. The van der Waals surface area contributed by atoms with E-state index in [2.05, 4.69) is 14.1 Å². The van der Waals surface area contributed by atoms with E-state index in [1.807, 2.05) is 0 Å². The Labute approximate surface area is 125 Å². The van der Waals surface area contributed by atoms with Crippen LogP contribution in [0.15, 0.2) is 12.1 Å². The van der Waals surface area contributed by atoms with Crippen LogP contribution in [0.3, 0.4) is 0 Å². The second-order valence-electron chi connectivity index (χ2n) is 5.08. The molecule has 2 atom stereocenters. The number of carbonyl (C=O) groups is 1. The largest absolute Gasteiger partial charge is 0.330 e. The SMILES string of the molecule is NCC1CCCC1C(=O)Nc1c(Cl)ccc2nsnc12. The quantitative estimate of drug-likeness (QED) is 0.913. The van der Waals surface area contributed by atoms with E-state index in [9.17, 15) is 4.79 Å². The molecule has 0 saturated heterocycles. The summed E-state index contributed by atoms with van der Waals surface area (Å²) in [5.41, 5.74) is 7.69. The monoisotopic (exact) mass is 310 g/mol. The first-order chi connectivity index (χ1) is 9.70. The van der Waals surface area contributed by atoms with Gasteiger partial charge in [0.1, 0.15) is 11.0 Å². The number of halogens is 1.